The van der Waals surface area contributed by atoms with E-state index < -0.39 is 0 Å². The molecule has 12 nitrogen and oxygen atoms in total. The molecule has 254 valence electrons. The average molecular weight is 683 g/mol. The molecule has 6 aliphatic heterocycles. The van der Waals surface area contributed by atoms with Gasteiger partial charge in [-0.25, -0.2) is 20.0 Å². The van der Waals surface area contributed by atoms with Crippen LogP contribution < -0.4 is 39.2 Å². The lowest BCUT2D eigenvalue weighted by Gasteiger charge is -2.28. The van der Waals surface area contributed by atoms with Crippen molar-refractivity contribution in [1.29, 1.82) is 0 Å². The summed E-state index contributed by atoms with van der Waals surface area (Å²) in [5, 5.41) is 0. The topological polar surface area (TPSA) is 75.4 Å². The molecule has 0 N–H and O–H groups in total. The molecule has 0 fully saturated rings. The maximum atomic E-state index is 5.42. The smallest absolute Gasteiger partial charge is 0.212 e. The van der Waals surface area contributed by atoms with E-state index in [4.69, 9.17) is 20.0 Å². The summed E-state index contributed by atoms with van der Waals surface area (Å²) in [4.78, 5) is 39.4. The summed E-state index contributed by atoms with van der Waals surface area (Å²) < 4.78 is 0. The van der Waals surface area contributed by atoms with Crippen molar-refractivity contribution in [2.75, 3.05) is 80.7 Å². The first kappa shape index (κ1) is 29.0. The predicted octanol–water partition coefficient (Wildman–Crippen LogP) is 7.40. The zero-order chi connectivity index (χ0) is 34.8. The summed E-state index contributed by atoms with van der Waals surface area (Å²) in [6.45, 7) is 1.07. The molecule has 0 atom stereocenters. The minimum absolute atomic E-state index is 0.536. The number of rotatable bonds is 0. The van der Waals surface area contributed by atoms with Crippen molar-refractivity contribution in [3.05, 3.63) is 109 Å². The van der Waals surface area contributed by atoms with Gasteiger partial charge in [0.25, 0.3) is 0 Å². The third-order valence-corrected chi connectivity index (χ3v) is 10.8. The highest BCUT2D eigenvalue weighted by atomic mass is 15.5. The summed E-state index contributed by atoms with van der Waals surface area (Å²) in [5.41, 5.74) is 11.6. The minimum Gasteiger partial charge on any atom is -0.313 e. The summed E-state index contributed by atoms with van der Waals surface area (Å²) in [5.74, 6) is 3.27. The molecule has 0 amide bonds. The number of aliphatic imine (C=N–C) groups is 4. The Balaban J connectivity index is 1.18. The molecule has 5 aromatic rings. The lowest BCUT2D eigenvalue weighted by atomic mass is 10.2. The highest BCUT2D eigenvalue weighted by Crippen LogP contribution is 2.49. The van der Waals surface area contributed by atoms with Crippen LogP contribution in [0.2, 0.25) is 0 Å². The number of para-hydroxylation sites is 8. The molecule has 5 aromatic carbocycles. The minimum atomic E-state index is 0.536. The van der Waals surface area contributed by atoms with Crippen molar-refractivity contribution in [3.63, 3.8) is 0 Å². The molecular weight excluding hydrogens is 649 g/mol. The number of fused-ring (bicyclic) bond motifs is 14. The summed E-state index contributed by atoms with van der Waals surface area (Å²) >= 11 is 0. The first-order valence-electron chi connectivity index (χ1n) is 17.4. The average Bonchev–Trinajstić information content (AvgIpc) is 3.81. The third-order valence-electron chi connectivity index (χ3n) is 10.8. The van der Waals surface area contributed by atoms with Crippen molar-refractivity contribution in [1.82, 2.24) is 0 Å². The van der Waals surface area contributed by atoms with Crippen LogP contribution in [0.4, 0.5) is 68.2 Å². The van der Waals surface area contributed by atoms with E-state index in [1.54, 1.807) is 0 Å². The Morgan fingerprint density at radius 1 is 0.327 bits per heavy atom. The van der Waals surface area contributed by atoms with Crippen LogP contribution in [0, 0.1) is 0 Å². The lowest BCUT2D eigenvalue weighted by Crippen LogP contribution is -2.47. The maximum Gasteiger partial charge on any atom is 0.212 e. The van der Waals surface area contributed by atoms with E-state index in [0.717, 1.165) is 69.3 Å². The second kappa shape index (κ2) is 10.4. The highest BCUT2D eigenvalue weighted by Gasteiger charge is 2.40. The van der Waals surface area contributed by atoms with Crippen molar-refractivity contribution < 1.29 is 0 Å². The standard InChI is InChI=1S/C40H34N12/c1-45-29-13-5-9-17-33(29)49-23-50-34-18-10-6-14-30(34)46(2)38(50)42-26-22-28-27(21-25(26)41-37(45)49)43-39-47(3)31-15-7-11-19-35(31)51(39)24-52-36-20-12-8-16-32(36)48(4)40(52)44-28/h5-22H,23-24H2,1-4H3/b41-37+,42-38?,43-39?,44-40?. The molecule has 0 aromatic heterocycles. The monoisotopic (exact) mass is 682 g/mol. The number of nitrogens with zero attached hydrogens (tertiary/aromatic N) is 12. The molecule has 0 bridgehead atoms. The Morgan fingerprint density at radius 2 is 0.538 bits per heavy atom. The zero-order valence-corrected chi connectivity index (χ0v) is 29.2. The van der Waals surface area contributed by atoms with Gasteiger partial charge in [-0.3, -0.25) is 19.6 Å². The van der Waals surface area contributed by atoms with Gasteiger partial charge in [0.2, 0.25) is 23.8 Å². The Hall–Kier alpha value is -6.82. The molecule has 0 radical (unpaired) electrons. The van der Waals surface area contributed by atoms with Crippen molar-refractivity contribution in [3.8, 4) is 0 Å². The van der Waals surface area contributed by atoms with E-state index >= 15 is 0 Å². The predicted molar refractivity (Wildman–Crippen MR) is 214 cm³/mol. The normalized spacial score (nSPS) is 18.6. The lowest BCUT2D eigenvalue weighted by molar-refractivity contribution is 0.977. The van der Waals surface area contributed by atoms with E-state index in [1.807, 2.05) is 0 Å². The molecule has 0 spiro atoms. The van der Waals surface area contributed by atoms with Gasteiger partial charge >= 0.3 is 0 Å². The van der Waals surface area contributed by atoms with Crippen LogP contribution in [0.1, 0.15) is 0 Å². The van der Waals surface area contributed by atoms with Crippen LogP contribution in [-0.2, 0) is 0 Å². The van der Waals surface area contributed by atoms with Crippen molar-refractivity contribution in [2.24, 2.45) is 20.0 Å². The molecule has 52 heavy (non-hydrogen) atoms. The Bertz CT molecular complexity index is 2160. The number of anilines is 8. The van der Waals surface area contributed by atoms with Crippen molar-refractivity contribution in [2.45, 2.75) is 0 Å². The van der Waals surface area contributed by atoms with Gasteiger partial charge in [0.1, 0.15) is 13.3 Å². The van der Waals surface area contributed by atoms with Gasteiger partial charge in [-0.2, -0.15) is 0 Å². The molecule has 0 aliphatic carbocycles. The molecule has 6 heterocycles. The second-order valence-corrected chi connectivity index (χ2v) is 13.7. The number of guanidine groups is 4. The van der Waals surface area contributed by atoms with Crippen LogP contribution in [0.5, 0.6) is 0 Å². The Labute approximate surface area is 301 Å². The summed E-state index contributed by atoms with van der Waals surface area (Å²) in [6.07, 6.45) is 0. The van der Waals surface area contributed by atoms with Gasteiger partial charge in [-0.05, 0) is 60.7 Å². The third kappa shape index (κ3) is 3.85. The molecule has 11 rings (SSSR count). The number of benzene rings is 5. The van der Waals surface area contributed by atoms with E-state index in [9.17, 15) is 0 Å². The van der Waals surface area contributed by atoms with Crippen molar-refractivity contribution >= 4 is 92.1 Å². The van der Waals surface area contributed by atoms with E-state index in [0.29, 0.717) is 36.1 Å². The van der Waals surface area contributed by atoms with E-state index in [-0.39, 0.29) is 0 Å². The van der Waals surface area contributed by atoms with Gasteiger partial charge in [-0.1, -0.05) is 48.5 Å². The first-order valence-corrected chi connectivity index (χ1v) is 17.4. The van der Waals surface area contributed by atoms with Gasteiger partial charge in [0.05, 0.1) is 68.2 Å². The van der Waals surface area contributed by atoms with Crippen LogP contribution in [-0.4, -0.2) is 65.4 Å². The van der Waals surface area contributed by atoms with Crippen LogP contribution in [0.25, 0.3) is 0 Å². The molecular formula is C40H34N12. The van der Waals surface area contributed by atoms with E-state index in [2.05, 4.69) is 177 Å². The quantitative estimate of drug-likeness (QED) is 0.167. The SMILES string of the molecule is CN1C2=Nc3cc4c(cc3N=C3N(C)c5ccccc5N3CN2c2ccccc21)/N=C1\N(C)c2ccccc2N1CN1C(=N4)N(C)c2ccccc21. The van der Waals surface area contributed by atoms with Gasteiger partial charge in [0.15, 0.2) is 0 Å². The van der Waals surface area contributed by atoms with E-state index in [1.165, 1.54) is 0 Å². The zero-order valence-electron chi connectivity index (χ0n) is 29.2. The Kier molecular flexibility index (Phi) is 5.77. The fourth-order valence-electron chi connectivity index (χ4n) is 8.22. The molecule has 0 saturated carbocycles. The second-order valence-electron chi connectivity index (χ2n) is 13.7. The highest BCUT2D eigenvalue weighted by molar-refractivity contribution is 6.23. The van der Waals surface area contributed by atoms with Crippen LogP contribution >= 0.6 is 0 Å². The molecule has 0 unspecified atom stereocenters. The van der Waals surface area contributed by atoms with Crippen LogP contribution in [0.15, 0.2) is 129 Å². The number of hydrogen-bond donors (Lipinski definition) is 0. The van der Waals surface area contributed by atoms with Gasteiger partial charge < -0.3 is 19.6 Å². The number of hydrogen-bond acceptors (Lipinski definition) is 12. The van der Waals surface area contributed by atoms with Gasteiger partial charge in [-0.15, -0.1) is 0 Å². The van der Waals surface area contributed by atoms with Gasteiger partial charge in [0, 0.05) is 28.2 Å². The summed E-state index contributed by atoms with van der Waals surface area (Å²) in [7, 11) is 8.32. The fraction of sp³-hybridized carbons (Fsp3) is 0.150. The molecule has 12 heteroatoms. The maximum absolute atomic E-state index is 5.42. The van der Waals surface area contributed by atoms with Crippen LogP contribution in [0.3, 0.4) is 0 Å². The summed E-state index contributed by atoms with van der Waals surface area (Å²) in [6, 6.07) is 38.0. The molecule has 0 saturated heterocycles. The first-order chi connectivity index (χ1) is 25.4. The molecule has 6 aliphatic rings. The Morgan fingerprint density at radius 3 is 0.769 bits per heavy atom. The largest absolute Gasteiger partial charge is 0.313 e. The fourth-order valence-corrected chi connectivity index (χ4v) is 8.22.